The average Bonchev–Trinajstić information content (AvgIpc) is 2.28. The van der Waals surface area contributed by atoms with Gasteiger partial charge >= 0.3 is 5.97 Å². The largest absolute Gasteiger partial charge is 0.469 e. The number of ether oxygens (including phenoxy) is 1. The van der Waals surface area contributed by atoms with Crippen molar-refractivity contribution in [3.8, 4) is 0 Å². The molecule has 1 N–H and O–H groups in total. The van der Waals surface area contributed by atoms with Crippen molar-refractivity contribution in [1.29, 1.82) is 0 Å². The number of thioether (sulfide) groups is 1. The molecule has 0 radical (unpaired) electrons. The minimum Gasteiger partial charge on any atom is -0.469 e. The summed E-state index contributed by atoms with van der Waals surface area (Å²) in [5.74, 6) is 1.23. The van der Waals surface area contributed by atoms with Crippen LogP contribution in [-0.4, -0.2) is 35.3 Å². The highest BCUT2D eigenvalue weighted by atomic mass is 32.2. The van der Waals surface area contributed by atoms with E-state index in [-0.39, 0.29) is 11.9 Å². The minimum atomic E-state index is -0.487. The van der Waals surface area contributed by atoms with E-state index in [1.165, 1.54) is 13.5 Å². The molecular weight excluding hydrogens is 224 g/mol. The smallest absolute Gasteiger partial charge is 0.309 e. The number of esters is 1. The summed E-state index contributed by atoms with van der Waals surface area (Å²) in [4.78, 5) is 11.2. The highest BCUT2D eigenvalue weighted by molar-refractivity contribution is 7.99. The number of hydrogen-bond acceptors (Lipinski definition) is 4. The van der Waals surface area contributed by atoms with E-state index in [2.05, 4.69) is 4.74 Å². The van der Waals surface area contributed by atoms with Gasteiger partial charge in [0.05, 0.1) is 18.6 Å². The van der Waals surface area contributed by atoms with Crippen molar-refractivity contribution in [3.05, 3.63) is 0 Å². The van der Waals surface area contributed by atoms with Crippen LogP contribution in [-0.2, 0) is 9.53 Å². The van der Waals surface area contributed by atoms with E-state index in [4.69, 9.17) is 0 Å². The topological polar surface area (TPSA) is 46.5 Å². The number of aliphatic hydroxyl groups is 1. The van der Waals surface area contributed by atoms with Gasteiger partial charge in [-0.1, -0.05) is 26.2 Å². The highest BCUT2D eigenvalue weighted by Gasteiger charge is 2.29. The van der Waals surface area contributed by atoms with E-state index >= 15 is 0 Å². The van der Waals surface area contributed by atoms with Gasteiger partial charge in [0.15, 0.2) is 0 Å². The fourth-order valence-corrected chi connectivity index (χ4v) is 3.33. The second kappa shape index (κ2) is 6.50. The molecule has 0 heterocycles. The molecule has 0 aliphatic heterocycles. The molecule has 0 aromatic heterocycles. The van der Waals surface area contributed by atoms with Crippen LogP contribution in [0.3, 0.4) is 0 Å². The normalized spacial score (nSPS) is 21.4. The zero-order valence-electron chi connectivity index (χ0n) is 10.2. The molecule has 0 saturated heterocycles. The van der Waals surface area contributed by atoms with Crippen LogP contribution in [0.1, 0.15) is 39.0 Å². The van der Waals surface area contributed by atoms with Crippen LogP contribution in [0.5, 0.6) is 0 Å². The third-order valence-electron chi connectivity index (χ3n) is 3.13. The van der Waals surface area contributed by atoms with Crippen LogP contribution in [0.25, 0.3) is 0 Å². The summed E-state index contributed by atoms with van der Waals surface area (Å²) < 4.78 is 4.66. The van der Waals surface area contributed by atoms with Crippen LogP contribution in [0.15, 0.2) is 0 Å². The fraction of sp³-hybridized carbons (Fsp3) is 0.917. The molecule has 94 valence electrons. The quantitative estimate of drug-likeness (QED) is 0.756. The molecule has 1 fully saturated rings. The first-order chi connectivity index (χ1) is 7.57. The first-order valence-corrected chi connectivity index (χ1v) is 7.11. The Balaban J connectivity index is 2.21. The van der Waals surface area contributed by atoms with Gasteiger partial charge in [0.2, 0.25) is 0 Å². The van der Waals surface area contributed by atoms with E-state index in [0.29, 0.717) is 0 Å². The Hall–Kier alpha value is -0.220. The van der Waals surface area contributed by atoms with Gasteiger partial charge in [0.25, 0.3) is 0 Å². The predicted molar refractivity (Wildman–Crippen MR) is 66.5 cm³/mol. The van der Waals surface area contributed by atoms with Gasteiger partial charge < -0.3 is 9.84 Å². The monoisotopic (exact) mass is 246 g/mol. The number of methoxy groups -OCH3 is 1. The standard InChI is InChI=1S/C12H22O3S/c1-10(11(13)15-2)8-16-9-12(14)6-4-3-5-7-12/h10,14H,3-9H2,1-2H3. The zero-order chi connectivity index (χ0) is 12.0. The zero-order valence-corrected chi connectivity index (χ0v) is 11.0. The van der Waals surface area contributed by atoms with Gasteiger partial charge in [-0.15, -0.1) is 0 Å². The molecule has 0 aromatic carbocycles. The van der Waals surface area contributed by atoms with E-state index in [1.54, 1.807) is 11.8 Å². The Kier molecular flexibility index (Phi) is 5.62. The molecule has 1 unspecified atom stereocenters. The fourth-order valence-electron chi connectivity index (χ4n) is 2.05. The predicted octanol–water partition coefficient (Wildman–Crippen LogP) is 2.22. The van der Waals surface area contributed by atoms with Gasteiger partial charge in [-0.2, -0.15) is 11.8 Å². The molecule has 0 spiro atoms. The molecule has 3 nitrogen and oxygen atoms in total. The van der Waals surface area contributed by atoms with Crippen molar-refractivity contribution < 1.29 is 14.6 Å². The molecule has 0 bridgehead atoms. The van der Waals surface area contributed by atoms with Crippen LogP contribution in [0.2, 0.25) is 0 Å². The Morgan fingerprint density at radius 3 is 2.62 bits per heavy atom. The van der Waals surface area contributed by atoms with Crippen molar-refractivity contribution in [2.24, 2.45) is 5.92 Å². The van der Waals surface area contributed by atoms with Crippen molar-refractivity contribution in [1.82, 2.24) is 0 Å². The number of carbonyl (C=O) groups excluding carboxylic acids is 1. The first kappa shape index (κ1) is 13.8. The van der Waals surface area contributed by atoms with Gasteiger partial charge in [-0.25, -0.2) is 0 Å². The number of rotatable bonds is 5. The lowest BCUT2D eigenvalue weighted by molar-refractivity contribution is -0.144. The molecular formula is C12H22O3S. The lowest BCUT2D eigenvalue weighted by atomic mass is 9.86. The second-order valence-electron chi connectivity index (χ2n) is 4.72. The van der Waals surface area contributed by atoms with Crippen LogP contribution >= 0.6 is 11.8 Å². The molecule has 4 heteroatoms. The van der Waals surface area contributed by atoms with Crippen LogP contribution < -0.4 is 0 Å². The molecule has 1 atom stereocenters. The third kappa shape index (κ3) is 4.34. The lowest BCUT2D eigenvalue weighted by Gasteiger charge is -2.31. The van der Waals surface area contributed by atoms with Crippen LogP contribution in [0, 0.1) is 5.92 Å². The molecule has 1 saturated carbocycles. The SMILES string of the molecule is COC(=O)C(C)CSCC1(O)CCCCC1. The summed E-state index contributed by atoms with van der Waals surface area (Å²) in [5, 5.41) is 10.2. The summed E-state index contributed by atoms with van der Waals surface area (Å²) in [5.41, 5.74) is -0.487. The summed E-state index contributed by atoms with van der Waals surface area (Å²) in [7, 11) is 1.41. The second-order valence-corrected chi connectivity index (χ2v) is 5.75. The Morgan fingerprint density at radius 2 is 2.06 bits per heavy atom. The lowest BCUT2D eigenvalue weighted by Crippen LogP contribution is -2.34. The van der Waals surface area contributed by atoms with Gasteiger partial charge in [-0.3, -0.25) is 4.79 Å². The molecule has 1 aliphatic rings. The van der Waals surface area contributed by atoms with E-state index < -0.39 is 5.60 Å². The molecule has 0 aromatic rings. The van der Waals surface area contributed by atoms with Crippen molar-refractivity contribution in [2.75, 3.05) is 18.6 Å². The Bertz CT molecular complexity index is 224. The summed E-state index contributed by atoms with van der Waals surface area (Å²) in [6.45, 7) is 1.86. The summed E-state index contributed by atoms with van der Waals surface area (Å²) in [6.07, 6.45) is 5.32. The molecule has 0 amide bonds. The maximum Gasteiger partial charge on any atom is 0.309 e. The first-order valence-electron chi connectivity index (χ1n) is 5.95. The van der Waals surface area contributed by atoms with E-state index in [1.807, 2.05) is 6.92 Å². The van der Waals surface area contributed by atoms with E-state index in [0.717, 1.165) is 37.2 Å². The summed E-state index contributed by atoms with van der Waals surface area (Å²) in [6, 6.07) is 0. The maximum atomic E-state index is 11.2. The van der Waals surface area contributed by atoms with Gasteiger partial charge in [-0.05, 0) is 12.8 Å². The minimum absolute atomic E-state index is 0.0813. The summed E-state index contributed by atoms with van der Waals surface area (Å²) >= 11 is 1.66. The molecule has 1 aliphatic carbocycles. The molecule has 1 rings (SSSR count). The van der Waals surface area contributed by atoms with Crippen LogP contribution in [0.4, 0.5) is 0 Å². The average molecular weight is 246 g/mol. The third-order valence-corrected chi connectivity index (χ3v) is 4.60. The van der Waals surface area contributed by atoms with Crippen molar-refractivity contribution in [3.63, 3.8) is 0 Å². The Labute approximate surface area is 102 Å². The van der Waals surface area contributed by atoms with E-state index in [9.17, 15) is 9.90 Å². The van der Waals surface area contributed by atoms with Gasteiger partial charge in [0.1, 0.15) is 0 Å². The Morgan fingerprint density at radius 1 is 1.44 bits per heavy atom. The maximum absolute atomic E-state index is 11.2. The van der Waals surface area contributed by atoms with Gasteiger partial charge in [0, 0.05) is 11.5 Å². The van der Waals surface area contributed by atoms with Crippen molar-refractivity contribution >= 4 is 17.7 Å². The number of hydrogen-bond donors (Lipinski definition) is 1. The molecule has 16 heavy (non-hydrogen) atoms. The number of carbonyl (C=O) groups is 1. The van der Waals surface area contributed by atoms with Crippen molar-refractivity contribution in [2.45, 2.75) is 44.6 Å². The highest BCUT2D eigenvalue weighted by Crippen LogP contribution is 2.31.